The summed E-state index contributed by atoms with van der Waals surface area (Å²) >= 11 is 0. The summed E-state index contributed by atoms with van der Waals surface area (Å²) < 4.78 is 5.55. The maximum atomic E-state index is 6.05. The van der Waals surface area contributed by atoms with Gasteiger partial charge in [0.1, 0.15) is 11.3 Å². The summed E-state index contributed by atoms with van der Waals surface area (Å²) in [5.41, 5.74) is 7.23. The fraction of sp³-hybridized carbons (Fsp3) is 0.0714. The largest absolute Gasteiger partial charge is 0.422 e. The Balaban J connectivity index is 2.33. The van der Waals surface area contributed by atoms with E-state index in [2.05, 4.69) is 5.16 Å². The minimum absolute atomic E-state index is 0.236. The molecule has 4 nitrogen and oxygen atoms in total. The van der Waals surface area contributed by atoms with Gasteiger partial charge in [-0.2, -0.15) is 0 Å². The SMILES string of the molecule is C/C=N/Oc1oc2ccc3ccccc3c2c1N. The number of hydrogen-bond acceptors (Lipinski definition) is 4. The Labute approximate surface area is 104 Å². The first kappa shape index (κ1) is 10.7. The molecule has 1 heterocycles. The highest BCUT2D eigenvalue weighted by atomic mass is 16.7. The number of hydrogen-bond donors (Lipinski definition) is 1. The molecular weight excluding hydrogens is 228 g/mol. The number of nitrogens with two attached hydrogens (primary N) is 1. The molecule has 0 atom stereocenters. The van der Waals surface area contributed by atoms with Gasteiger partial charge in [0, 0.05) is 6.21 Å². The number of rotatable bonds is 2. The van der Waals surface area contributed by atoms with Gasteiger partial charge in [0.2, 0.25) is 0 Å². The standard InChI is InChI=1S/C14H12N2O2/c1-2-16-18-14-13(15)12-10-6-4-3-5-9(10)7-8-11(12)17-14/h2-8H,15H2,1H3/b16-2+. The molecule has 0 saturated carbocycles. The third kappa shape index (κ3) is 1.50. The predicted molar refractivity (Wildman–Crippen MR) is 72.9 cm³/mol. The van der Waals surface area contributed by atoms with E-state index < -0.39 is 0 Å². The van der Waals surface area contributed by atoms with E-state index in [4.69, 9.17) is 15.0 Å². The first-order valence-corrected chi connectivity index (χ1v) is 5.66. The molecule has 4 heteroatoms. The minimum Gasteiger partial charge on any atom is -0.422 e. The first-order valence-electron chi connectivity index (χ1n) is 5.66. The number of nitrogens with zero attached hydrogens (tertiary/aromatic N) is 1. The normalized spacial score (nSPS) is 11.6. The maximum absolute atomic E-state index is 6.05. The number of furan rings is 1. The fourth-order valence-electron chi connectivity index (χ4n) is 2.04. The van der Waals surface area contributed by atoms with E-state index in [0.29, 0.717) is 11.3 Å². The van der Waals surface area contributed by atoms with Crippen LogP contribution in [0.15, 0.2) is 46.0 Å². The van der Waals surface area contributed by atoms with Crippen LogP contribution in [0.3, 0.4) is 0 Å². The summed E-state index contributed by atoms with van der Waals surface area (Å²) in [5.74, 6) is 0.236. The van der Waals surface area contributed by atoms with Crippen molar-refractivity contribution in [3.63, 3.8) is 0 Å². The van der Waals surface area contributed by atoms with E-state index in [1.54, 1.807) is 6.92 Å². The van der Waals surface area contributed by atoms with Crippen LogP contribution in [0.25, 0.3) is 21.7 Å². The van der Waals surface area contributed by atoms with Gasteiger partial charge >= 0.3 is 5.95 Å². The Kier molecular flexibility index (Phi) is 2.41. The third-order valence-corrected chi connectivity index (χ3v) is 2.82. The van der Waals surface area contributed by atoms with E-state index in [-0.39, 0.29) is 5.95 Å². The molecule has 0 fully saturated rings. The molecule has 0 amide bonds. The second-order valence-electron chi connectivity index (χ2n) is 3.92. The lowest BCUT2D eigenvalue weighted by Crippen LogP contribution is -1.88. The molecule has 18 heavy (non-hydrogen) atoms. The van der Waals surface area contributed by atoms with E-state index in [0.717, 1.165) is 16.2 Å². The maximum Gasteiger partial charge on any atom is 0.339 e. The van der Waals surface area contributed by atoms with E-state index >= 15 is 0 Å². The molecule has 0 bridgehead atoms. The van der Waals surface area contributed by atoms with E-state index in [9.17, 15) is 0 Å². The molecule has 90 valence electrons. The summed E-state index contributed by atoms with van der Waals surface area (Å²) in [7, 11) is 0. The zero-order valence-corrected chi connectivity index (χ0v) is 9.88. The third-order valence-electron chi connectivity index (χ3n) is 2.82. The number of oxime groups is 1. The van der Waals surface area contributed by atoms with Crippen LogP contribution >= 0.6 is 0 Å². The van der Waals surface area contributed by atoms with Gasteiger partial charge in [-0.05, 0) is 23.8 Å². The zero-order chi connectivity index (χ0) is 12.5. The predicted octanol–water partition coefficient (Wildman–Crippen LogP) is 3.55. The molecule has 3 aromatic rings. The van der Waals surface area contributed by atoms with Crippen LogP contribution in [-0.2, 0) is 0 Å². The van der Waals surface area contributed by atoms with Crippen molar-refractivity contribution in [2.24, 2.45) is 5.16 Å². The Bertz CT molecular complexity index is 744. The molecular formula is C14H12N2O2. The van der Waals surface area contributed by atoms with Crippen LogP contribution in [0.2, 0.25) is 0 Å². The van der Waals surface area contributed by atoms with Crippen LogP contribution in [0, 0.1) is 0 Å². The highest BCUT2D eigenvalue weighted by Gasteiger charge is 2.15. The topological polar surface area (TPSA) is 60.8 Å². The molecule has 0 radical (unpaired) electrons. The summed E-state index contributed by atoms with van der Waals surface area (Å²) in [5, 5.41) is 6.71. The van der Waals surface area contributed by atoms with Crippen molar-refractivity contribution in [1.29, 1.82) is 0 Å². The van der Waals surface area contributed by atoms with Crippen molar-refractivity contribution in [2.45, 2.75) is 6.92 Å². The van der Waals surface area contributed by atoms with Crippen molar-refractivity contribution in [2.75, 3.05) is 5.73 Å². The minimum atomic E-state index is 0.236. The second-order valence-corrected chi connectivity index (χ2v) is 3.92. The Hall–Kier alpha value is -2.49. The van der Waals surface area contributed by atoms with E-state index in [1.807, 2.05) is 36.4 Å². The van der Waals surface area contributed by atoms with Crippen molar-refractivity contribution in [3.8, 4) is 5.95 Å². The molecule has 2 aromatic carbocycles. The lowest BCUT2D eigenvalue weighted by molar-refractivity contribution is 0.268. The number of benzene rings is 2. The van der Waals surface area contributed by atoms with Gasteiger partial charge < -0.3 is 15.0 Å². The van der Waals surface area contributed by atoms with Crippen LogP contribution < -0.4 is 10.6 Å². The molecule has 0 saturated heterocycles. The quantitative estimate of drug-likeness (QED) is 0.550. The molecule has 3 rings (SSSR count). The van der Waals surface area contributed by atoms with Crippen molar-refractivity contribution < 1.29 is 9.25 Å². The molecule has 0 spiro atoms. The molecule has 0 aliphatic rings. The Morgan fingerprint density at radius 3 is 2.89 bits per heavy atom. The highest BCUT2D eigenvalue weighted by Crippen LogP contribution is 2.38. The molecule has 0 unspecified atom stereocenters. The van der Waals surface area contributed by atoms with Gasteiger partial charge in [0.15, 0.2) is 0 Å². The van der Waals surface area contributed by atoms with Crippen LogP contribution in [0.5, 0.6) is 5.95 Å². The van der Waals surface area contributed by atoms with Gasteiger partial charge in [-0.25, -0.2) is 0 Å². The van der Waals surface area contributed by atoms with Gasteiger partial charge in [-0.1, -0.05) is 35.5 Å². The lowest BCUT2D eigenvalue weighted by atomic mass is 10.1. The average molecular weight is 240 g/mol. The Morgan fingerprint density at radius 2 is 2.06 bits per heavy atom. The average Bonchev–Trinajstić information content (AvgIpc) is 2.73. The summed E-state index contributed by atoms with van der Waals surface area (Å²) in [6.07, 6.45) is 1.53. The zero-order valence-electron chi connectivity index (χ0n) is 9.88. The van der Waals surface area contributed by atoms with Crippen molar-refractivity contribution >= 4 is 33.6 Å². The smallest absolute Gasteiger partial charge is 0.339 e. The number of nitrogen functional groups attached to an aromatic ring is 1. The van der Waals surface area contributed by atoms with Gasteiger partial charge in [0.05, 0.1) is 5.39 Å². The van der Waals surface area contributed by atoms with Crippen LogP contribution in [-0.4, -0.2) is 6.21 Å². The molecule has 1 aromatic heterocycles. The lowest BCUT2D eigenvalue weighted by Gasteiger charge is -1.98. The number of fused-ring (bicyclic) bond motifs is 3. The number of anilines is 1. The van der Waals surface area contributed by atoms with Gasteiger partial charge in [-0.3, -0.25) is 0 Å². The van der Waals surface area contributed by atoms with Crippen molar-refractivity contribution in [1.82, 2.24) is 0 Å². The Morgan fingerprint density at radius 1 is 1.22 bits per heavy atom. The molecule has 2 N–H and O–H groups in total. The monoisotopic (exact) mass is 240 g/mol. The molecule has 0 aliphatic carbocycles. The first-order chi connectivity index (χ1) is 8.81. The summed E-state index contributed by atoms with van der Waals surface area (Å²) in [6.45, 7) is 1.76. The van der Waals surface area contributed by atoms with Gasteiger partial charge in [0.25, 0.3) is 0 Å². The summed E-state index contributed by atoms with van der Waals surface area (Å²) in [6, 6.07) is 11.9. The summed E-state index contributed by atoms with van der Waals surface area (Å²) in [4.78, 5) is 5.10. The molecule has 0 aliphatic heterocycles. The van der Waals surface area contributed by atoms with Crippen LogP contribution in [0.1, 0.15) is 6.92 Å². The van der Waals surface area contributed by atoms with Crippen LogP contribution in [0.4, 0.5) is 5.69 Å². The second kappa shape index (κ2) is 4.07. The highest BCUT2D eigenvalue weighted by molar-refractivity contribution is 6.12. The van der Waals surface area contributed by atoms with E-state index in [1.165, 1.54) is 6.21 Å². The fourth-order valence-corrected chi connectivity index (χ4v) is 2.04. The van der Waals surface area contributed by atoms with Crippen molar-refractivity contribution in [3.05, 3.63) is 36.4 Å². The van der Waals surface area contributed by atoms with Gasteiger partial charge in [-0.15, -0.1) is 0 Å².